The summed E-state index contributed by atoms with van der Waals surface area (Å²) in [6.07, 6.45) is -0.0704. The molecule has 28 heavy (non-hydrogen) atoms. The largest absolute Gasteiger partial charge is 0.493 e. The second-order valence-electron chi connectivity index (χ2n) is 6.77. The van der Waals surface area contributed by atoms with Gasteiger partial charge >= 0.3 is 0 Å². The van der Waals surface area contributed by atoms with Gasteiger partial charge in [0.2, 0.25) is 5.91 Å². The summed E-state index contributed by atoms with van der Waals surface area (Å²) in [4.78, 5) is 14.2. The maximum absolute atomic E-state index is 12.5. The number of sulfone groups is 1. The van der Waals surface area contributed by atoms with Crippen molar-refractivity contribution in [3.63, 3.8) is 0 Å². The zero-order valence-electron chi connectivity index (χ0n) is 17.0. The molecule has 0 atom stereocenters. The highest BCUT2D eigenvalue weighted by Crippen LogP contribution is 2.30. The Morgan fingerprint density at radius 2 is 1.57 bits per heavy atom. The topological polar surface area (TPSA) is 72.9 Å². The van der Waals surface area contributed by atoms with Crippen LogP contribution in [0.4, 0.5) is 0 Å². The Hall–Kier alpha value is -2.54. The first kappa shape index (κ1) is 21.8. The van der Waals surface area contributed by atoms with Crippen LogP contribution in [-0.4, -0.2) is 46.2 Å². The lowest BCUT2D eigenvalue weighted by molar-refractivity contribution is -0.130. The van der Waals surface area contributed by atoms with Crippen LogP contribution in [-0.2, 0) is 21.2 Å². The zero-order chi connectivity index (χ0) is 20.9. The number of rotatable bonds is 8. The van der Waals surface area contributed by atoms with E-state index in [0.29, 0.717) is 18.0 Å². The number of carbonyl (C=O) groups is 1. The number of amides is 1. The predicted molar refractivity (Wildman–Crippen MR) is 109 cm³/mol. The second kappa shape index (κ2) is 9.10. The normalized spacial score (nSPS) is 11.2. The molecule has 0 aliphatic rings. The smallest absolute Gasteiger partial charge is 0.223 e. The first-order valence-corrected chi connectivity index (χ1v) is 10.6. The van der Waals surface area contributed by atoms with Crippen molar-refractivity contribution in [2.75, 3.05) is 27.0 Å². The molecule has 0 saturated carbocycles. The average molecular weight is 406 g/mol. The van der Waals surface area contributed by atoms with Crippen molar-refractivity contribution in [3.05, 3.63) is 53.1 Å². The third-order valence-corrected chi connectivity index (χ3v) is 6.37. The summed E-state index contributed by atoms with van der Waals surface area (Å²) in [5, 5.41) is 0. The molecule has 2 rings (SSSR count). The molecule has 6 nitrogen and oxygen atoms in total. The van der Waals surface area contributed by atoms with Crippen LogP contribution in [0.3, 0.4) is 0 Å². The molecule has 0 N–H and O–H groups in total. The third-order valence-electron chi connectivity index (χ3n) is 4.64. The van der Waals surface area contributed by atoms with E-state index in [9.17, 15) is 13.2 Å². The van der Waals surface area contributed by atoms with Gasteiger partial charge in [-0.3, -0.25) is 4.79 Å². The molecule has 0 aromatic heterocycles. The maximum Gasteiger partial charge on any atom is 0.223 e. The first-order chi connectivity index (χ1) is 13.2. The molecule has 7 heteroatoms. The minimum Gasteiger partial charge on any atom is -0.493 e. The molecule has 0 bridgehead atoms. The minimum absolute atomic E-state index is 0.0704. The van der Waals surface area contributed by atoms with Gasteiger partial charge in [0, 0.05) is 20.0 Å². The number of methoxy groups -OCH3 is 2. The van der Waals surface area contributed by atoms with Crippen LogP contribution in [0.15, 0.2) is 41.3 Å². The molecular formula is C21H27NO5S. The Bertz CT molecular complexity index is 936. The van der Waals surface area contributed by atoms with Gasteiger partial charge in [0.05, 0.1) is 24.9 Å². The number of ether oxygens (including phenoxy) is 2. The van der Waals surface area contributed by atoms with Crippen molar-refractivity contribution < 1.29 is 22.7 Å². The van der Waals surface area contributed by atoms with Gasteiger partial charge in [0.25, 0.3) is 0 Å². The van der Waals surface area contributed by atoms with E-state index in [4.69, 9.17) is 9.47 Å². The first-order valence-electron chi connectivity index (χ1n) is 8.93. The SMILES string of the molecule is COc1cc(C)c(CN(C)C(=O)CCS(=O)(=O)c2ccc(C)cc2)cc1OC. The summed E-state index contributed by atoms with van der Waals surface area (Å²) in [5.41, 5.74) is 2.86. The molecule has 0 saturated heterocycles. The van der Waals surface area contributed by atoms with Crippen molar-refractivity contribution in [2.45, 2.75) is 31.7 Å². The van der Waals surface area contributed by atoms with E-state index >= 15 is 0 Å². The fraction of sp³-hybridized carbons (Fsp3) is 0.381. The Labute approximate surface area is 167 Å². The number of aryl methyl sites for hydroxylation is 2. The lowest BCUT2D eigenvalue weighted by atomic mass is 10.1. The molecule has 0 spiro atoms. The molecule has 0 aliphatic carbocycles. The monoisotopic (exact) mass is 405 g/mol. The Morgan fingerprint density at radius 3 is 2.14 bits per heavy atom. The van der Waals surface area contributed by atoms with E-state index in [1.54, 1.807) is 45.5 Å². The zero-order valence-corrected chi connectivity index (χ0v) is 17.8. The van der Waals surface area contributed by atoms with Crippen molar-refractivity contribution >= 4 is 15.7 Å². The van der Waals surface area contributed by atoms with Crippen molar-refractivity contribution in [3.8, 4) is 11.5 Å². The van der Waals surface area contributed by atoms with E-state index in [0.717, 1.165) is 16.7 Å². The number of nitrogens with zero attached hydrogens (tertiary/aromatic N) is 1. The van der Waals surface area contributed by atoms with Gasteiger partial charge in [-0.25, -0.2) is 8.42 Å². The fourth-order valence-electron chi connectivity index (χ4n) is 2.81. The number of carbonyl (C=O) groups excluding carboxylic acids is 1. The van der Waals surface area contributed by atoms with Crippen LogP contribution in [0.25, 0.3) is 0 Å². The molecule has 2 aromatic rings. The number of benzene rings is 2. The standard InChI is InChI=1S/C21H27NO5S/c1-15-6-8-18(9-7-15)28(24,25)11-10-21(23)22(3)14-17-13-20(27-5)19(26-4)12-16(17)2/h6-9,12-13H,10-11,14H2,1-5H3. The summed E-state index contributed by atoms with van der Waals surface area (Å²) in [7, 11) is 1.30. The lowest BCUT2D eigenvalue weighted by Gasteiger charge is -2.20. The van der Waals surface area contributed by atoms with Crippen LogP contribution in [0.1, 0.15) is 23.1 Å². The summed E-state index contributed by atoms with van der Waals surface area (Å²) >= 11 is 0. The van der Waals surface area contributed by atoms with Crippen LogP contribution in [0.2, 0.25) is 0 Å². The Balaban J connectivity index is 2.04. The molecule has 0 unspecified atom stereocenters. The van der Waals surface area contributed by atoms with Crippen molar-refractivity contribution in [1.82, 2.24) is 4.90 Å². The molecule has 152 valence electrons. The third kappa shape index (κ3) is 5.25. The fourth-order valence-corrected chi connectivity index (χ4v) is 4.04. The highest BCUT2D eigenvalue weighted by Gasteiger charge is 2.19. The van der Waals surface area contributed by atoms with Crippen LogP contribution < -0.4 is 9.47 Å². The van der Waals surface area contributed by atoms with Crippen molar-refractivity contribution in [2.24, 2.45) is 0 Å². The molecule has 1 amide bonds. The lowest BCUT2D eigenvalue weighted by Crippen LogP contribution is -2.28. The van der Waals surface area contributed by atoms with Gasteiger partial charge in [-0.05, 0) is 49.2 Å². The van der Waals surface area contributed by atoms with Gasteiger partial charge in [0.15, 0.2) is 21.3 Å². The summed E-state index contributed by atoms with van der Waals surface area (Å²) in [5.74, 6) is 0.766. The van der Waals surface area contributed by atoms with E-state index in [1.165, 1.54) is 4.90 Å². The van der Waals surface area contributed by atoms with Crippen LogP contribution in [0, 0.1) is 13.8 Å². The highest BCUT2D eigenvalue weighted by molar-refractivity contribution is 7.91. The van der Waals surface area contributed by atoms with Crippen molar-refractivity contribution in [1.29, 1.82) is 0 Å². The average Bonchev–Trinajstić information content (AvgIpc) is 2.67. The Morgan fingerprint density at radius 1 is 1.00 bits per heavy atom. The van der Waals surface area contributed by atoms with Gasteiger partial charge in [-0.15, -0.1) is 0 Å². The summed E-state index contributed by atoms with van der Waals surface area (Å²) in [6.45, 7) is 4.18. The Kier molecular flexibility index (Phi) is 7.07. The molecule has 0 fully saturated rings. The van der Waals surface area contributed by atoms with Crippen LogP contribution >= 0.6 is 0 Å². The van der Waals surface area contributed by atoms with E-state index < -0.39 is 9.84 Å². The maximum atomic E-state index is 12.5. The quantitative estimate of drug-likeness (QED) is 0.675. The molecule has 0 aliphatic heterocycles. The van der Waals surface area contributed by atoms with Gasteiger partial charge in [-0.2, -0.15) is 0 Å². The summed E-state index contributed by atoms with van der Waals surface area (Å²) in [6, 6.07) is 10.3. The minimum atomic E-state index is -3.49. The number of hydrogen-bond donors (Lipinski definition) is 0. The van der Waals surface area contributed by atoms with E-state index in [1.807, 2.05) is 26.0 Å². The highest BCUT2D eigenvalue weighted by atomic mass is 32.2. The molecular weight excluding hydrogens is 378 g/mol. The van der Waals surface area contributed by atoms with Gasteiger partial charge in [0.1, 0.15) is 0 Å². The molecule has 2 aromatic carbocycles. The van der Waals surface area contributed by atoms with Gasteiger partial charge < -0.3 is 14.4 Å². The molecule has 0 heterocycles. The molecule has 0 radical (unpaired) electrons. The second-order valence-corrected chi connectivity index (χ2v) is 8.87. The van der Waals surface area contributed by atoms with E-state index in [-0.39, 0.29) is 23.0 Å². The predicted octanol–water partition coefficient (Wildman–Crippen LogP) is 3.14. The van der Waals surface area contributed by atoms with Gasteiger partial charge in [-0.1, -0.05) is 17.7 Å². The summed E-state index contributed by atoms with van der Waals surface area (Å²) < 4.78 is 35.5. The van der Waals surface area contributed by atoms with E-state index in [2.05, 4.69) is 0 Å². The van der Waals surface area contributed by atoms with Crippen LogP contribution in [0.5, 0.6) is 11.5 Å². The number of hydrogen-bond acceptors (Lipinski definition) is 5.